The first-order valence-corrected chi connectivity index (χ1v) is 6.60. The number of benzene rings is 1. The van der Waals surface area contributed by atoms with Gasteiger partial charge in [-0.2, -0.15) is 0 Å². The molecule has 0 saturated carbocycles. The van der Waals surface area contributed by atoms with Crippen molar-refractivity contribution in [3.8, 4) is 0 Å². The predicted octanol–water partition coefficient (Wildman–Crippen LogP) is 4.13. The predicted molar refractivity (Wildman–Crippen MR) is 73.2 cm³/mol. The number of rotatable bonds is 4. The second kappa shape index (κ2) is 5.67. The van der Waals surface area contributed by atoms with Crippen molar-refractivity contribution in [2.24, 2.45) is 0 Å². The van der Waals surface area contributed by atoms with Gasteiger partial charge < -0.3 is 4.90 Å². The standard InChI is InChI=1S/C13H10ClF2NOS/c1-17(6-9-2-3-12(14)19-9)13-10(15)4-8(7-18)5-11(13)16/h2-5,7H,6H2,1H3. The Morgan fingerprint density at radius 1 is 1.32 bits per heavy atom. The van der Waals surface area contributed by atoms with Gasteiger partial charge in [-0.3, -0.25) is 4.79 Å². The van der Waals surface area contributed by atoms with Gasteiger partial charge in [0.25, 0.3) is 0 Å². The second-order valence-electron chi connectivity index (χ2n) is 4.01. The average molecular weight is 302 g/mol. The van der Waals surface area contributed by atoms with Crippen molar-refractivity contribution in [1.82, 2.24) is 0 Å². The molecule has 0 spiro atoms. The molecule has 0 aliphatic heterocycles. The number of carbonyl (C=O) groups excluding carboxylic acids is 1. The summed E-state index contributed by atoms with van der Waals surface area (Å²) in [5.74, 6) is -1.51. The lowest BCUT2D eigenvalue weighted by Crippen LogP contribution is -2.18. The van der Waals surface area contributed by atoms with E-state index in [1.807, 2.05) is 0 Å². The number of aldehydes is 1. The molecule has 0 bridgehead atoms. The maximum Gasteiger partial charge on any atom is 0.150 e. The van der Waals surface area contributed by atoms with Crippen LogP contribution in [0.3, 0.4) is 0 Å². The largest absolute Gasteiger partial charge is 0.365 e. The summed E-state index contributed by atoms with van der Waals surface area (Å²) in [5.41, 5.74) is -0.179. The number of hydrogen-bond acceptors (Lipinski definition) is 3. The molecule has 2 rings (SSSR count). The van der Waals surface area contributed by atoms with Crippen molar-refractivity contribution in [3.63, 3.8) is 0 Å². The topological polar surface area (TPSA) is 20.3 Å². The van der Waals surface area contributed by atoms with Gasteiger partial charge in [0, 0.05) is 17.5 Å². The quantitative estimate of drug-likeness (QED) is 0.792. The summed E-state index contributed by atoms with van der Waals surface area (Å²) >= 11 is 7.16. The zero-order valence-electron chi connectivity index (χ0n) is 9.99. The van der Waals surface area contributed by atoms with Crippen LogP contribution in [-0.4, -0.2) is 13.3 Å². The van der Waals surface area contributed by atoms with Gasteiger partial charge in [-0.15, -0.1) is 11.3 Å². The molecule has 0 atom stereocenters. The van der Waals surface area contributed by atoms with Crippen LogP contribution in [0, 0.1) is 11.6 Å². The third kappa shape index (κ3) is 3.11. The monoisotopic (exact) mass is 301 g/mol. The van der Waals surface area contributed by atoms with E-state index in [0.29, 0.717) is 17.2 Å². The summed E-state index contributed by atoms with van der Waals surface area (Å²) in [6.07, 6.45) is 0.412. The summed E-state index contributed by atoms with van der Waals surface area (Å²) in [5, 5.41) is 0. The summed E-state index contributed by atoms with van der Waals surface area (Å²) in [4.78, 5) is 12.9. The molecule has 1 aromatic heterocycles. The molecule has 100 valence electrons. The van der Waals surface area contributed by atoms with E-state index in [1.54, 1.807) is 19.2 Å². The Morgan fingerprint density at radius 3 is 2.42 bits per heavy atom. The second-order valence-corrected chi connectivity index (χ2v) is 5.81. The number of thiophene rings is 1. The zero-order valence-corrected chi connectivity index (χ0v) is 11.6. The molecule has 19 heavy (non-hydrogen) atoms. The lowest BCUT2D eigenvalue weighted by Gasteiger charge is -2.20. The number of anilines is 1. The highest BCUT2D eigenvalue weighted by Gasteiger charge is 2.16. The smallest absolute Gasteiger partial charge is 0.150 e. The Labute approximate surface area is 118 Å². The van der Waals surface area contributed by atoms with E-state index in [0.717, 1.165) is 17.0 Å². The van der Waals surface area contributed by atoms with Crippen molar-refractivity contribution in [3.05, 3.63) is 50.7 Å². The van der Waals surface area contributed by atoms with E-state index in [2.05, 4.69) is 0 Å². The Kier molecular flexibility index (Phi) is 4.17. The third-order valence-electron chi connectivity index (χ3n) is 2.58. The highest BCUT2D eigenvalue weighted by atomic mass is 35.5. The van der Waals surface area contributed by atoms with Crippen molar-refractivity contribution in [2.75, 3.05) is 11.9 Å². The van der Waals surface area contributed by atoms with Gasteiger partial charge in [0.15, 0.2) is 0 Å². The lowest BCUT2D eigenvalue weighted by atomic mass is 10.2. The Balaban J connectivity index is 2.28. The van der Waals surface area contributed by atoms with Crippen LogP contribution in [0.5, 0.6) is 0 Å². The van der Waals surface area contributed by atoms with Gasteiger partial charge in [0.1, 0.15) is 23.6 Å². The van der Waals surface area contributed by atoms with Crippen LogP contribution < -0.4 is 4.90 Å². The van der Waals surface area contributed by atoms with Gasteiger partial charge in [-0.25, -0.2) is 8.78 Å². The van der Waals surface area contributed by atoms with E-state index < -0.39 is 11.6 Å². The van der Waals surface area contributed by atoms with Crippen molar-refractivity contribution < 1.29 is 13.6 Å². The van der Waals surface area contributed by atoms with Crippen molar-refractivity contribution in [2.45, 2.75) is 6.54 Å². The van der Waals surface area contributed by atoms with E-state index in [9.17, 15) is 13.6 Å². The first-order valence-electron chi connectivity index (χ1n) is 5.41. The van der Waals surface area contributed by atoms with Crippen LogP contribution in [0.4, 0.5) is 14.5 Å². The van der Waals surface area contributed by atoms with E-state index in [-0.39, 0.29) is 11.3 Å². The van der Waals surface area contributed by atoms with Crippen LogP contribution >= 0.6 is 22.9 Å². The molecular formula is C13H10ClF2NOS. The minimum atomic E-state index is -0.757. The first-order chi connectivity index (χ1) is 9.01. The number of nitrogens with zero attached hydrogens (tertiary/aromatic N) is 1. The van der Waals surface area contributed by atoms with Crippen LogP contribution in [0.2, 0.25) is 4.34 Å². The number of hydrogen-bond donors (Lipinski definition) is 0. The van der Waals surface area contributed by atoms with E-state index in [4.69, 9.17) is 11.6 Å². The number of halogens is 3. The molecule has 0 radical (unpaired) electrons. The SMILES string of the molecule is CN(Cc1ccc(Cl)s1)c1c(F)cc(C=O)cc1F. The minimum absolute atomic E-state index is 0.0219. The highest BCUT2D eigenvalue weighted by molar-refractivity contribution is 7.16. The summed E-state index contributed by atoms with van der Waals surface area (Å²) in [7, 11) is 1.58. The lowest BCUT2D eigenvalue weighted by molar-refractivity contribution is 0.112. The molecule has 2 nitrogen and oxygen atoms in total. The van der Waals surface area contributed by atoms with Crippen LogP contribution in [0.1, 0.15) is 15.2 Å². The van der Waals surface area contributed by atoms with E-state index >= 15 is 0 Å². The summed E-state index contributed by atoms with van der Waals surface area (Å²) < 4.78 is 28.2. The van der Waals surface area contributed by atoms with Gasteiger partial charge in [0.2, 0.25) is 0 Å². The van der Waals surface area contributed by atoms with Crippen LogP contribution in [0.15, 0.2) is 24.3 Å². The first kappa shape index (κ1) is 14.0. The van der Waals surface area contributed by atoms with Gasteiger partial charge >= 0.3 is 0 Å². The van der Waals surface area contributed by atoms with Crippen molar-refractivity contribution in [1.29, 1.82) is 0 Å². The van der Waals surface area contributed by atoms with Gasteiger partial charge in [-0.05, 0) is 24.3 Å². The third-order valence-corrected chi connectivity index (χ3v) is 3.79. The molecule has 0 unspecified atom stereocenters. The maximum atomic E-state index is 13.8. The minimum Gasteiger partial charge on any atom is -0.365 e. The van der Waals surface area contributed by atoms with Crippen molar-refractivity contribution >= 4 is 34.9 Å². The fourth-order valence-corrected chi connectivity index (χ4v) is 2.91. The molecule has 0 aliphatic carbocycles. The Hall–Kier alpha value is -1.46. The summed E-state index contributed by atoms with van der Waals surface area (Å²) in [6, 6.07) is 5.57. The molecule has 0 fully saturated rings. The molecule has 0 amide bonds. The highest BCUT2D eigenvalue weighted by Crippen LogP contribution is 2.28. The fraction of sp³-hybridized carbons (Fsp3) is 0.154. The van der Waals surface area contributed by atoms with Gasteiger partial charge in [-0.1, -0.05) is 11.6 Å². The molecule has 0 saturated heterocycles. The van der Waals surface area contributed by atoms with Crippen LogP contribution in [-0.2, 0) is 6.54 Å². The molecule has 6 heteroatoms. The summed E-state index contributed by atoms with van der Waals surface area (Å²) in [6.45, 7) is 0.339. The molecule has 2 aromatic rings. The van der Waals surface area contributed by atoms with Gasteiger partial charge in [0.05, 0.1) is 10.9 Å². The number of carbonyl (C=O) groups is 1. The molecule has 0 aliphatic rings. The molecular weight excluding hydrogens is 292 g/mol. The Bertz CT molecular complexity index is 591. The average Bonchev–Trinajstić information content (AvgIpc) is 2.73. The fourth-order valence-electron chi connectivity index (χ4n) is 1.77. The molecule has 0 N–H and O–H groups in total. The Morgan fingerprint density at radius 2 is 1.95 bits per heavy atom. The maximum absolute atomic E-state index is 13.8. The van der Waals surface area contributed by atoms with Crippen LogP contribution in [0.25, 0.3) is 0 Å². The van der Waals surface area contributed by atoms with E-state index in [1.165, 1.54) is 16.2 Å². The molecule has 1 heterocycles. The molecule has 1 aromatic carbocycles. The normalized spacial score (nSPS) is 10.5. The zero-order chi connectivity index (χ0) is 14.0.